The number of carbonyl (C=O) groups excluding carboxylic acids is 4. The number of urea groups is 1. The number of carbonyl (C=O) groups is 4. The highest BCUT2D eigenvalue weighted by atomic mass is 16.2. The van der Waals surface area contributed by atoms with Gasteiger partial charge in [0, 0.05) is 17.3 Å². The maximum Gasteiger partial charge on any atom is 0.334 e. The van der Waals surface area contributed by atoms with E-state index in [0.29, 0.717) is 12.1 Å². The normalized spacial score (nSPS) is 21.5. The van der Waals surface area contributed by atoms with Crippen molar-refractivity contribution in [2.75, 3.05) is 11.9 Å². The first kappa shape index (κ1) is 20.8. The Morgan fingerprint density at radius 3 is 2.35 bits per heavy atom. The van der Waals surface area contributed by atoms with Crippen LogP contribution >= 0.6 is 0 Å². The molecule has 1 N–H and O–H groups in total. The van der Waals surface area contributed by atoms with Gasteiger partial charge in [0.1, 0.15) is 6.54 Å². The van der Waals surface area contributed by atoms with Gasteiger partial charge in [-0.05, 0) is 30.4 Å². The number of benzene rings is 2. The van der Waals surface area contributed by atoms with E-state index in [1.54, 1.807) is 12.1 Å². The van der Waals surface area contributed by atoms with Crippen molar-refractivity contribution in [3.63, 3.8) is 0 Å². The van der Waals surface area contributed by atoms with Gasteiger partial charge in [0.25, 0.3) is 0 Å². The Balaban J connectivity index is 1.49. The Kier molecular flexibility index (Phi) is 5.84. The van der Waals surface area contributed by atoms with Crippen molar-refractivity contribution < 1.29 is 19.2 Å². The zero-order chi connectivity index (χ0) is 22.0. The Hall–Kier alpha value is -3.48. The summed E-state index contributed by atoms with van der Waals surface area (Å²) in [6, 6.07) is 15.9. The molecule has 2 aromatic rings. The first-order valence-electron chi connectivity index (χ1n) is 10.6. The summed E-state index contributed by atoms with van der Waals surface area (Å²) < 4.78 is 0. The molecule has 1 heterocycles. The lowest BCUT2D eigenvalue weighted by Gasteiger charge is -2.34. The number of anilines is 1. The molecule has 2 atom stereocenters. The molecule has 1 saturated carbocycles. The molecule has 0 aromatic heterocycles. The monoisotopic (exact) mass is 419 g/mol. The average Bonchev–Trinajstić information content (AvgIpc) is 2.98. The van der Waals surface area contributed by atoms with Gasteiger partial charge < -0.3 is 5.32 Å². The summed E-state index contributed by atoms with van der Waals surface area (Å²) >= 11 is 0. The largest absolute Gasteiger partial charge is 0.334 e. The predicted octanol–water partition coefficient (Wildman–Crippen LogP) is 3.66. The third-order valence-electron chi connectivity index (χ3n) is 6.07. The summed E-state index contributed by atoms with van der Waals surface area (Å²) in [5, 5.41) is 2.78. The van der Waals surface area contributed by atoms with Crippen molar-refractivity contribution in [3.8, 4) is 11.1 Å². The number of para-hydroxylation sites is 1. The quantitative estimate of drug-likeness (QED) is 0.592. The number of imide groups is 2. The Labute approximate surface area is 181 Å². The lowest BCUT2D eigenvalue weighted by Crippen LogP contribution is -2.46. The lowest BCUT2D eigenvalue weighted by atomic mass is 9.85. The highest BCUT2D eigenvalue weighted by Gasteiger charge is 2.49. The summed E-state index contributed by atoms with van der Waals surface area (Å²) in [7, 11) is 0. The summed E-state index contributed by atoms with van der Waals surface area (Å²) in [6.07, 6.45) is 3.56. The van der Waals surface area contributed by atoms with Crippen LogP contribution in [0.15, 0.2) is 54.6 Å². The molecule has 1 saturated heterocycles. The number of hydrogen-bond acceptors (Lipinski definition) is 4. The molecule has 0 bridgehead atoms. The molecular formula is C24H25N3O4. The summed E-state index contributed by atoms with van der Waals surface area (Å²) in [4.78, 5) is 52.4. The van der Waals surface area contributed by atoms with E-state index in [-0.39, 0.29) is 12.0 Å². The van der Waals surface area contributed by atoms with Crippen LogP contribution < -0.4 is 5.32 Å². The Morgan fingerprint density at radius 1 is 0.935 bits per heavy atom. The number of amides is 5. The zero-order valence-electron chi connectivity index (χ0n) is 17.4. The van der Waals surface area contributed by atoms with E-state index < -0.39 is 30.3 Å². The summed E-state index contributed by atoms with van der Waals surface area (Å²) in [5.74, 6) is -2.16. The van der Waals surface area contributed by atoms with Gasteiger partial charge in [0.2, 0.25) is 5.91 Å². The van der Waals surface area contributed by atoms with Crippen LogP contribution in [0.2, 0.25) is 0 Å². The second kappa shape index (κ2) is 8.71. The van der Waals surface area contributed by atoms with E-state index in [0.717, 1.165) is 40.2 Å². The van der Waals surface area contributed by atoms with Crippen LogP contribution in [-0.2, 0) is 14.4 Å². The lowest BCUT2D eigenvalue weighted by molar-refractivity contribution is -0.145. The maximum absolute atomic E-state index is 12.9. The van der Waals surface area contributed by atoms with E-state index >= 15 is 0 Å². The molecule has 2 aromatic carbocycles. The van der Waals surface area contributed by atoms with Gasteiger partial charge in [-0.3, -0.25) is 19.3 Å². The molecule has 1 aliphatic heterocycles. The molecule has 0 unspecified atom stereocenters. The Bertz CT molecular complexity index is 1020. The van der Waals surface area contributed by atoms with Crippen LogP contribution in [0.25, 0.3) is 11.1 Å². The fourth-order valence-corrected chi connectivity index (χ4v) is 4.43. The number of nitrogens with zero attached hydrogens (tertiary/aromatic N) is 2. The SMILES string of the molecule is C[C@H]1CCCC[C@H]1N1C(=O)C(=O)N(CC(=O)Nc2ccccc2-c2ccccc2)C1=O. The molecule has 5 amide bonds. The van der Waals surface area contributed by atoms with Gasteiger partial charge in [-0.15, -0.1) is 0 Å². The molecule has 0 spiro atoms. The third kappa shape index (κ3) is 4.08. The molecule has 7 heteroatoms. The van der Waals surface area contributed by atoms with Crippen molar-refractivity contribution >= 4 is 29.4 Å². The molecule has 1 aliphatic carbocycles. The standard InChI is InChI=1S/C24H25N3O4/c1-16-9-5-8-14-20(16)27-23(30)22(29)26(24(27)31)15-21(28)25-19-13-7-6-12-18(19)17-10-3-2-4-11-17/h2-4,6-7,10-13,16,20H,5,8-9,14-15H2,1H3,(H,25,28)/t16-,20+/m0/s1. The maximum atomic E-state index is 12.9. The second-order valence-electron chi connectivity index (χ2n) is 8.14. The molecule has 31 heavy (non-hydrogen) atoms. The van der Waals surface area contributed by atoms with Crippen molar-refractivity contribution in [3.05, 3.63) is 54.6 Å². The molecule has 2 aliphatic rings. The van der Waals surface area contributed by atoms with Crippen LogP contribution in [0.4, 0.5) is 10.5 Å². The topological polar surface area (TPSA) is 86.8 Å². The second-order valence-corrected chi connectivity index (χ2v) is 8.14. The number of rotatable bonds is 5. The van der Waals surface area contributed by atoms with Crippen molar-refractivity contribution in [2.45, 2.75) is 38.6 Å². The van der Waals surface area contributed by atoms with Gasteiger partial charge >= 0.3 is 17.8 Å². The van der Waals surface area contributed by atoms with E-state index in [2.05, 4.69) is 5.32 Å². The minimum atomic E-state index is -0.936. The van der Waals surface area contributed by atoms with Gasteiger partial charge in [-0.2, -0.15) is 0 Å². The van der Waals surface area contributed by atoms with Gasteiger partial charge in [-0.1, -0.05) is 68.3 Å². The first-order valence-corrected chi connectivity index (χ1v) is 10.6. The van der Waals surface area contributed by atoms with E-state index in [9.17, 15) is 19.2 Å². The highest BCUT2D eigenvalue weighted by Crippen LogP contribution is 2.31. The first-order chi connectivity index (χ1) is 15.0. The van der Waals surface area contributed by atoms with Crippen molar-refractivity contribution in [1.82, 2.24) is 9.80 Å². The average molecular weight is 419 g/mol. The highest BCUT2D eigenvalue weighted by molar-refractivity contribution is 6.45. The van der Waals surface area contributed by atoms with E-state index in [4.69, 9.17) is 0 Å². The molecule has 0 radical (unpaired) electrons. The van der Waals surface area contributed by atoms with Gasteiger partial charge in [-0.25, -0.2) is 9.69 Å². The molecule has 2 fully saturated rings. The van der Waals surface area contributed by atoms with Gasteiger partial charge in [0.05, 0.1) is 0 Å². The fourth-order valence-electron chi connectivity index (χ4n) is 4.43. The minimum Gasteiger partial charge on any atom is -0.324 e. The van der Waals surface area contributed by atoms with Crippen LogP contribution in [0.5, 0.6) is 0 Å². The van der Waals surface area contributed by atoms with Gasteiger partial charge in [0.15, 0.2) is 0 Å². The fraction of sp³-hybridized carbons (Fsp3) is 0.333. The van der Waals surface area contributed by atoms with Crippen molar-refractivity contribution in [2.24, 2.45) is 5.92 Å². The molecule has 7 nitrogen and oxygen atoms in total. The zero-order valence-corrected chi connectivity index (χ0v) is 17.4. The van der Waals surface area contributed by atoms with Crippen LogP contribution in [0, 0.1) is 5.92 Å². The minimum absolute atomic E-state index is 0.140. The van der Waals surface area contributed by atoms with Crippen LogP contribution in [0.3, 0.4) is 0 Å². The van der Waals surface area contributed by atoms with E-state index in [1.165, 1.54) is 0 Å². The van der Waals surface area contributed by atoms with Crippen LogP contribution in [0.1, 0.15) is 32.6 Å². The summed E-state index contributed by atoms with van der Waals surface area (Å²) in [6.45, 7) is 1.49. The third-order valence-corrected chi connectivity index (χ3v) is 6.07. The van der Waals surface area contributed by atoms with Crippen molar-refractivity contribution in [1.29, 1.82) is 0 Å². The number of nitrogens with one attached hydrogen (secondary N) is 1. The predicted molar refractivity (Wildman–Crippen MR) is 116 cm³/mol. The molecule has 160 valence electrons. The number of hydrogen-bond donors (Lipinski definition) is 1. The smallest absolute Gasteiger partial charge is 0.324 e. The molecular weight excluding hydrogens is 394 g/mol. The summed E-state index contributed by atoms with van der Waals surface area (Å²) in [5.41, 5.74) is 2.32. The van der Waals surface area contributed by atoms with Crippen LogP contribution in [-0.4, -0.2) is 46.1 Å². The molecule has 4 rings (SSSR count). The van der Waals surface area contributed by atoms with E-state index in [1.807, 2.05) is 49.4 Å². The Morgan fingerprint density at radius 2 is 1.61 bits per heavy atom.